The Balaban J connectivity index is 1.81. The van der Waals surface area contributed by atoms with Crippen LogP contribution in [0.25, 0.3) is 6.08 Å². The SMILES string of the molecule is CCCC(=O)Nc1ccc(C(=O)COC(=O)/C=C/c2ccc(OCC)cc2)cc1. The number of ketones is 1. The molecule has 29 heavy (non-hydrogen) atoms. The third kappa shape index (κ3) is 7.62. The highest BCUT2D eigenvalue weighted by Gasteiger charge is 2.09. The lowest BCUT2D eigenvalue weighted by Gasteiger charge is -2.06. The van der Waals surface area contributed by atoms with Gasteiger partial charge in [-0.15, -0.1) is 0 Å². The van der Waals surface area contributed by atoms with Gasteiger partial charge in [0.25, 0.3) is 0 Å². The molecule has 6 nitrogen and oxygen atoms in total. The molecule has 0 aliphatic carbocycles. The molecule has 1 N–H and O–H groups in total. The number of ether oxygens (including phenoxy) is 2. The zero-order valence-corrected chi connectivity index (χ0v) is 16.6. The highest BCUT2D eigenvalue weighted by Crippen LogP contribution is 2.13. The number of rotatable bonds is 10. The molecule has 0 aromatic heterocycles. The smallest absolute Gasteiger partial charge is 0.331 e. The largest absolute Gasteiger partial charge is 0.494 e. The second kappa shape index (κ2) is 11.4. The van der Waals surface area contributed by atoms with Crippen molar-refractivity contribution in [2.75, 3.05) is 18.5 Å². The van der Waals surface area contributed by atoms with Gasteiger partial charge >= 0.3 is 5.97 Å². The molecule has 0 saturated heterocycles. The zero-order valence-electron chi connectivity index (χ0n) is 16.6. The van der Waals surface area contributed by atoms with Crippen LogP contribution in [0.5, 0.6) is 5.75 Å². The van der Waals surface area contributed by atoms with Crippen LogP contribution in [-0.2, 0) is 14.3 Å². The number of hydrogen-bond acceptors (Lipinski definition) is 5. The van der Waals surface area contributed by atoms with Gasteiger partial charge in [-0.3, -0.25) is 9.59 Å². The molecule has 0 radical (unpaired) electrons. The van der Waals surface area contributed by atoms with Crippen LogP contribution in [0.2, 0.25) is 0 Å². The van der Waals surface area contributed by atoms with Crippen molar-refractivity contribution in [3.8, 4) is 5.75 Å². The topological polar surface area (TPSA) is 81.7 Å². The molecule has 0 heterocycles. The molecule has 0 spiro atoms. The number of carbonyl (C=O) groups is 3. The maximum absolute atomic E-state index is 12.2. The van der Waals surface area contributed by atoms with Crippen LogP contribution in [0, 0.1) is 0 Å². The summed E-state index contributed by atoms with van der Waals surface area (Å²) in [5, 5.41) is 2.75. The van der Waals surface area contributed by atoms with Crippen LogP contribution in [-0.4, -0.2) is 30.9 Å². The number of anilines is 1. The summed E-state index contributed by atoms with van der Waals surface area (Å²) < 4.78 is 10.4. The van der Waals surface area contributed by atoms with Crippen LogP contribution >= 0.6 is 0 Å². The van der Waals surface area contributed by atoms with Gasteiger partial charge in [-0.2, -0.15) is 0 Å². The third-order valence-corrected chi connectivity index (χ3v) is 3.92. The molecule has 2 aromatic carbocycles. The Morgan fingerprint density at radius 1 is 0.966 bits per heavy atom. The van der Waals surface area contributed by atoms with Gasteiger partial charge in [-0.1, -0.05) is 19.1 Å². The van der Waals surface area contributed by atoms with Crippen molar-refractivity contribution in [2.45, 2.75) is 26.7 Å². The number of hydrogen-bond donors (Lipinski definition) is 1. The van der Waals surface area contributed by atoms with Crippen LogP contribution < -0.4 is 10.1 Å². The molecular weight excluding hydrogens is 370 g/mol. The van der Waals surface area contributed by atoms with Crippen molar-refractivity contribution in [2.24, 2.45) is 0 Å². The number of carbonyl (C=O) groups excluding carboxylic acids is 3. The van der Waals surface area contributed by atoms with Gasteiger partial charge in [0.1, 0.15) is 5.75 Å². The summed E-state index contributed by atoms with van der Waals surface area (Å²) in [4.78, 5) is 35.6. The Kier molecular flexibility index (Phi) is 8.63. The van der Waals surface area contributed by atoms with Gasteiger partial charge in [0.2, 0.25) is 5.91 Å². The first-order valence-corrected chi connectivity index (χ1v) is 9.52. The molecule has 6 heteroatoms. The van der Waals surface area contributed by atoms with E-state index in [1.165, 1.54) is 6.08 Å². The molecule has 0 aliphatic heterocycles. The Morgan fingerprint density at radius 2 is 1.66 bits per heavy atom. The minimum Gasteiger partial charge on any atom is -0.494 e. The minimum atomic E-state index is -0.601. The van der Waals surface area contributed by atoms with Gasteiger partial charge in [-0.25, -0.2) is 4.79 Å². The Morgan fingerprint density at radius 3 is 2.28 bits per heavy atom. The Bertz CT molecular complexity index is 854. The second-order valence-corrected chi connectivity index (χ2v) is 6.24. The number of esters is 1. The van der Waals surface area contributed by atoms with E-state index in [-0.39, 0.29) is 18.3 Å². The quantitative estimate of drug-likeness (QED) is 0.369. The molecule has 0 aliphatic rings. The second-order valence-electron chi connectivity index (χ2n) is 6.24. The highest BCUT2D eigenvalue weighted by atomic mass is 16.5. The maximum atomic E-state index is 12.2. The summed E-state index contributed by atoms with van der Waals surface area (Å²) in [5.41, 5.74) is 1.84. The fraction of sp³-hybridized carbons (Fsp3) is 0.261. The first kappa shape index (κ1) is 21.9. The van der Waals surface area contributed by atoms with E-state index >= 15 is 0 Å². The van der Waals surface area contributed by atoms with E-state index in [0.29, 0.717) is 24.3 Å². The summed E-state index contributed by atoms with van der Waals surface area (Å²) in [5.74, 6) is -0.233. The summed E-state index contributed by atoms with van der Waals surface area (Å²) in [6.45, 7) is 4.07. The lowest BCUT2D eigenvalue weighted by Crippen LogP contribution is -2.13. The molecule has 2 rings (SSSR count). The van der Waals surface area contributed by atoms with E-state index in [9.17, 15) is 14.4 Å². The normalized spacial score (nSPS) is 10.6. The molecule has 1 amide bonds. The molecule has 0 bridgehead atoms. The molecule has 152 valence electrons. The van der Waals surface area contributed by atoms with Gasteiger partial charge in [0.15, 0.2) is 12.4 Å². The van der Waals surface area contributed by atoms with E-state index in [2.05, 4.69) is 5.32 Å². The number of Topliss-reactive ketones (excluding diaryl/α,β-unsaturated/α-hetero) is 1. The highest BCUT2D eigenvalue weighted by molar-refractivity contribution is 5.99. The lowest BCUT2D eigenvalue weighted by molar-refractivity contribution is -0.136. The molecule has 2 aromatic rings. The predicted octanol–water partition coefficient (Wildman–Crippen LogP) is 4.26. The van der Waals surface area contributed by atoms with Crippen molar-refractivity contribution in [3.05, 3.63) is 65.7 Å². The third-order valence-electron chi connectivity index (χ3n) is 3.92. The molecule has 0 unspecified atom stereocenters. The van der Waals surface area contributed by atoms with Gasteiger partial charge in [0, 0.05) is 23.7 Å². The maximum Gasteiger partial charge on any atom is 0.331 e. The van der Waals surface area contributed by atoms with Crippen molar-refractivity contribution >= 4 is 29.4 Å². The lowest BCUT2D eigenvalue weighted by atomic mass is 10.1. The first-order chi connectivity index (χ1) is 14.0. The van der Waals surface area contributed by atoms with Crippen LogP contribution in [0.15, 0.2) is 54.6 Å². The molecule has 0 saturated carbocycles. The Hall–Kier alpha value is -3.41. The summed E-state index contributed by atoms with van der Waals surface area (Å²) in [6, 6.07) is 13.7. The van der Waals surface area contributed by atoms with E-state index in [0.717, 1.165) is 17.7 Å². The summed E-state index contributed by atoms with van der Waals surface area (Å²) in [7, 11) is 0. The van der Waals surface area contributed by atoms with E-state index in [4.69, 9.17) is 9.47 Å². The van der Waals surface area contributed by atoms with Crippen LogP contribution in [0.4, 0.5) is 5.69 Å². The van der Waals surface area contributed by atoms with Crippen molar-refractivity contribution in [1.29, 1.82) is 0 Å². The summed E-state index contributed by atoms with van der Waals surface area (Å²) >= 11 is 0. The number of amides is 1. The van der Waals surface area contributed by atoms with Crippen molar-refractivity contribution in [1.82, 2.24) is 0 Å². The fourth-order valence-electron chi connectivity index (χ4n) is 2.46. The van der Waals surface area contributed by atoms with Gasteiger partial charge in [0.05, 0.1) is 6.61 Å². The Labute approximate surface area is 170 Å². The van der Waals surface area contributed by atoms with E-state index < -0.39 is 5.97 Å². The van der Waals surface area contributed by atoms with Crippen molar-refractivity contribution < 1.29 is 23.9 Å². The first-order valence-electron chi connectivity index (χ1n) is 9.52. The van der Waals surface area contributed by atoms with Gasteiger partial charge < -0.3 is 14.8 Å². The fourth-order valence-corrected chi connectivity index (χ4v) is 2.46. The molecular formula is C23H25NO5. The van der Waals surface area contributed by atoms with Crippen molar-refractivity contribution in [3.63, 3.8) is 0 Å². The number of nitrogens with one attached hydrogen (secondary N) is 1. The van der Waals surface area contributed by atoms with Crippen LogP contribution in [0.3, 0.4) is 0 Å². The monoisotopic (exact) mass is 395 g/mol. The van der Waals surface area contributed by atoms with E-state index in [1.54, 1.807) is 30.3 Å². The van der Waals surface area contributed by atoms with E-state index in [1.807, 2.05) is 38.1 Å². The zero-order chi connectivity index (χ0) is 21.1. The molecule has 0 atom stereocenters. The average molecular weight is 395 g/mol. The average Bonchev–Trinajstić information content (AvgIpc) is 2.72. The van der Waals surface area contributed by atoms with Gasteiger partial charge in [-0.05, 0) is 61.4 Å². The molecule has 0 fully saturated rings. The predicted molar refractivity (Wildman–Crippen MR) is 112 cm³/mol. The standard InChI is InChI=1S/C23H25NO5/c1-3-5-22(26)24-19-11-9-18(10-12-19)21(25)16-29-23(27)15-8-17-6-13-20(14-7-17)28-4-2/h6-15H,3-5,16H2,1-2H3,(H,24,26)/b15-8+. The minimum absolute atomic E-state index is 0.0696. The van der Waals surface area contributed by atoms with Crippen LogP contribution in [0.1, 0.15) is 42.6 Å². The summed E-state index contributed by atoms with van der Waals surface area (Å²) in [6.07, 6.45) is 4.09. The number of benzene rings is 2.